The number of ether oxygens (including phenoxy) is 1. The third-order valence-electron chi connectivity index (χ3n) is 8.91. The Labute approximate surface area is 293 Å². The molecule has 2 aliphatic heterocycles. The van der Waals surface area contributed by atoms with Crippen LogP contribution in [0, 0.1) is 23.3 Å². The number of rotatable bonds is 9. The quantitative estimate of drug-likeness (QED) is 0.109. The summed E-state index contributed by atoms with van der Waals surface area (Å²) in [6, 6.07) is 8.39. The maximum atomic E-state index is 15.5. The predicted molar refractivity (Wildman–Crippen MR) is 181 cm³/mol. The third-order valence-corrected chi connectivity index (χ3v) is 10.9. The highest BCUT2D eigenvalue weighted by Gasteiger charge is 2.44. The van der Waals surface area contributed by atoms with E-state index < -0.39 is 74.9 Å². The van der Waals surface area contributed by atoms with Crippen molar-refractivity contribution in [1.82, 2.24) is 9.21 Å². The van der Waals surface area contributed by atoms with Crippen LogP contribution in [0.4, 0.5) is 28.0 Å². The first kappa shape index (κ1) is 37.6. The van der Waals surface area contributed by atoms with Gasteiger partial charge in [0.1, 0.15) is 34.9 Å². The van der Waals surface area contributed by atoms with Crippen LogP contribution in [0.2, 0.25) is 0 Å². The summed E-state index contributed by atoms with van der Waals surface area (Å²) >= 11 is 0. The first-order valence-electron chi connectivity index (χ1n) is 16.4. The Morgan fingerprint density at radius 3 is 2.33 bits per heavy atom. The van der Waals surface area contributed by atoms with E-state index in [1.807, 2.05) is 0 Å². The second-order valence-corrected chi connectivity index (χ2v) is 15.7. The number of carbonyl (C=O) groups is 2. The topological polar surface area (TPSA) is 145 Å². The van der Waals surface area contributed by atoms with Gasteiger partial charge in [-0.3, -0.25) is 4.79 Å². The number of amides is 2. The molecular weight excluding hydrogens is 692 g/mol. The van der Waals surface area contributed by atoms with E-state index in [9.17, 15) is 36.7 Å². The fourth-order valence-electron chi connectivity index (χ4n) is 6.66. The number of fused-ring (bicyclic) bond motifs is 2. The molecule has 0 aromatic heterocycles. The number of halogens is 4. The first-order valence-corrected chi connectivity index (χ1v) is 18.0. The van der Waals surface area contributed by atoms with E-state index in [4.69, 9.17) is 4.74 Å². The SMILES string of the molecule is CC(C)(C)OC(=O)N1C[C@H](CCc2c(F)cccc2NC(=O)[C@@H](N=[N+]=[N-])[C@@H](c2ccc(F)cc2)c2cc(F)cc(F)c2)N2C[C@H]1CCCS2(=O)=O. The predicted octanol–water partition coefficient (Wildman–Crippen LogP) is 7.04. The van der Waals surface area contributed by atoms with E-state index in [0.29, 0.717) is 18.9 Å². The van der Waals surface area contributed by atoms with Gasteiger partial charge < -0.3 is 15.0 Å². The lowest BCUT2D eigenvalue weighted by Crippen LogP contribution is -2.60. The maximum Gasteiger partial charge on any atom is 0.410 e. The number of azide groups is 1. The number of benzene rings is 3. The zero-order valence-corrected chi connectivity index (χ0v) is 29.0. The van der Waals surface area contributed by atoms with Crippen LogP contribution < -0.4 is 5.32 Å². The molecule has 0 spiro atoms. The minimum absolute atomic E-state index is 0.0114. The number of anilines is 1. The van der Waals surface area contributed by atoms with Crippen molar-refractivity contribution >= 4 is 27.7 Å². The molecule has 1 unspecified atom stereocenters. The van der Waals surface area contributed by atoms with Crippen molar-refractivity contribution in [3.05, 3.63) is 111 Å². The van der Waals surface area contributed by atoms with Crippen molar-refractivity contribution in [2.75, 3.05) is 24.2 Å². The summed E-state index contributed by atoms with van der Waals surface area (Å²) in [4.78, 5) is 31.4. The number of nitrogens with one attached hydrogen (secondary N) is 1. The fraction of sp³-hybridized carbons (Fsp3) is 0.429. The minimum Gasteiger partial charge on any atom is -0.444 e. The van der Waals surface area contributed by atoms with Gasteiger partial charge in [0.05, 0.1) is 5.75 Å². The monoisotopic (exact) mass is 730 g/mol. The van der Waals surface area contributed by atoms with E-state index in [0.717, 1.165) is 24.3 Å². The Hall–Kier alpha value is -4.66. The summed E-state index contributed by atoms with van der Waals surface area (Å²) in [6.45, 7) is 5.27. The highest BCUT2D eigenvalue weighted by molar-refractivity contribution is 7.89. The molecule has 5 rings (SSSR count). The van der Waals surface area contributed by atoms with E-state index >= 15 is 4.39 Å². The van der Waals surface area contributed by atoms with Crippen molar-refractivity contribution in [2.24, 2.45) is 5.11 Å². The molecule has 0 aliphatic carbocycles. The van der Waals surface area contributed by atoms with Crippen molar-refractivity contribution in [2.45, 2.75) is 76.1 Å². The molecule has 0 radical (unpaired) electrons. The molecule has 16 heteroatoms. The second-order valence-electron chi connectivity index (χ2n) is 13.6. The van der Waals surface area contributed by atoms with Gasteiger partial charge in [-0.15, -0.1) is 0 Å². The average Bonchev–Trinajstić information content (AvgIpc) is 3.16. The highest BCUT2D eigenvalue weighted by Crippen LogP contribution is 2.34. The summed E-state index contributed by atoms with van der Waals surface area (Å²) in [5.74, 6) is -5.60. The van der Waals surface area contributed by atoms with Crippen LogP contribution in [0.15, 0.2) is 65.8 Å². The molecule has 51 heavy (non-hydrogen) atoms. The standard InChI is InChI=1S/C35H38F4N6O5S/c1-35(2,3)50-34(47)44-19-27(45-20-26(44)6-5-15-51(45,48)49)13-14-28-29(39)7-4-8-30(28)41-33(46)32(42-43-40)31(21-9-11-23(36)12-10-21)22-16-24(37)18-25(38)17-22/h4,7-12,16-18,26-27,31-32H,5-6,13-15,19-20H2,1-3H3,(H,41,46)/t26-,27+,31+,32+/m1/s1. The van der Waals surface area contributed by atoms with Gasteiger partial charge in [0.15, 0.2) is 0 Å². The molecule has 2 fully saturated rings. The summed E-state index contributed by atoms with van der Waals surface area (Å²) < 4.78 is 91.6. The van der Waals surface area contributed by atoms with Crippen LogP contribution >= 0.6 is 0 Å². The number of sulfonamides is 1. The molecule has 2 bridgehead atoms. The number of nitrogens with zero attached hydrogens (tertiary/aromatic N) is 5. The molecule has 272 valence electrons. The third kappa shape index (κ3) is 8.99. The van der Waals surface area contributed by atoms with E-state index in [1.165, 1.54) is 39.5 Å². The van der Waals surface area contributed by atoms with Crippen LogP contribution in [-0.2, 0) is 26.0 Å². The average molecular weight is 731 g/mol. The normalized spacial score (nSPS) is 21.1. The summed E-state index contributed by atoms with van der Waals surface area (Å²) in [6.07, 6.45) is 0.239. The van der Waals surface area contributed by atoms with Gasteiger partial charge in [-0.25, -0.2) is 30.8 Å². The fourth-order valence-corrected chi connectivity index (χ4v) is 8.46. The molecule has 2 saturated heterocycles. The largest absolute Gasteiger partial charge is 0.444 e. The number of carbonyl (C=O) groups excluding carboxylic acids is 2. The van der Waals surface area contributed by atoms with Crippen LogP contribution in [0.25, 0.3) is 10.4 Å². The molecule has 2 aliphatic rings. The van der Waals surface area contributed by atoms with Gasteiger partial charge in [0.25, 0.3) is 0 Å². The lowest BCUT2D eigenvalue weighted by molar-refractivity contribution is -0.117. The second kappa shape index (κ2) is 15.3. The van der Waals surface area contributed by atoms with Gasteiger partial charge in [0, 0.05) is 53.3 Å². The Balaban J connectivity index is 1.44. The van der Waals surface area contributed by atoms with Gasteiger partial charge in [0.2, 0.25) is 15.9 Å². The summed E-state index contributed by atoms with van der Waals surface area (Å²) in [5.41, 5.74) is 8.79. The Morgan fingerprint density at radius 2 is 1.69 bits per heavy atom. The minimum atomic E-state index is -3.69. The molecule has 5 atom stereocenters. The number of hydrogen-bond acceptors (Lipinski definition) is 6. The van der Waals surface area contributed by atoms with Crippen LogP contribution in [0.5, 0.6) is 0 Å². The lowest BCUT2D eigenvalue weighted by atomic mass is 9.84. The van der Waals surface area contributed by atoms with Gasteiger partial charge >= 0.3 is 6.09 Å². The Bertz CT molecular complexity index is 1920. The molecule has 3 aromatic rings. The zero-order valence-electron chi connectivity index (χ0n) is 28.2. The molecule has 2 heterocycles. The van der Waals surface area contributed by atoms with Crippen LogP contribution in [0.1, 0.15) is 62.6 Å². The van der Waals surface area contributed by atoms with Crippen LogP contribution in [-0.4, -0.2) is 72.2 Å². The smallest absolute Gasteiger partial charge is 0.410 e. The van der Waals surface area contributed by atoms with Gasteiger partial charge in [-0.2, -0.15) is 4.31 Å². The Morgan fingerprint density at radius 1 is 1.00 bits per heavy atom. The molecule has 11 nitrogen and oxygen atoms in total. The number of hydrogen-bond donors (Lipinski definition) is 1. The first-order chi connectivity index (χ1) is 24.1. The highest BCUT2D eigenvalue weighted by atomic mass is 32.2. The van der Waals surface area contributed by atoms with Crippen molar-refractivity contribution < 1.29 is 40.3 Å². The van der Waals surface area contributed by atoms with Crippen molar-refractivity contribution in [3.8, 4) is 0 Å². The van der Waals surface area contributed by atoms with Crippen molar-refractivity contribution in [3.63, 3.8) is 0 Å². The molecule has 1 N–H and O–H groups in total. The zero-order chi connectivity index (χ0) is 37.1. The van der Waals surface area contributed by atoms with Crippen molar-refractivity contribution in [1.29, 1.82) is 0 Å². The molecular formula is C35H38F4N6O5S. The van der Waals surface area contributed by atoms with Gasteiger partial charge in [-0.1, -0.05) is 23.3 Å². The summed E-state index contributed by atoms with van der Waals surface area (Å²) in [7, 11) is -3.69. The molecule has 2 amide bonds. The number of piperazine rings is 1. The summed E-state index contributed by atoms with van der Waals surface area (Å²) in [5, 5.41) is 6.23. The van der Waals surface area contributed by atoms with E-state index in [-0.39, 0.29) is 54.1 Å². The molecule has 0 saturated carbocycles. The Kier molecular flexibility index (Phi) is 11.3. The lowest BCUT2D eigenvalue weighted by Gasteiger charge is -2.44. The molecule has 3 aromatic carbocycles. The van der Waals surface area contributed by atoms with E-state index in [2.05, 4.69) is 15.3 Å². The van der Waals surface area contributed by atoms with Crippen LogP contribution in [0.3, 0.4) is 0 Å². The van der Waals surface area contributed by atoms with Gasteiger partial charge in [-0.05, 0) is 99.5 Å². The van der Waals surface area contributed by atoms with E-state index in [1.54, 1.807) is 20.8 Å². The maximum absolute atomic E-state index is 15.5.